The minimum absolute atomic E-state index is 0.520. The third kappa shape index (κ3) is 3.77. The molecular weight excluding hydrogens is 252 g/mol. The van der Waals surface area contributed by atoms with Crippen LogP contribution in [0.25, 0.3) is 0 Å². The van der Waals surface area contributed by atoms with E-state index in [9.17, 15) is 4.79 Å². The van der Waals surface area contributed by atoms with Gasteiger partial charge in [0.15, 0.2) is 0 Å². The van der Waals surface area contributed by atoms with Gasteiger partial charge in [0.1, 0.15) is 6.29 Å². The van der Waals surface area contributed by atoms with Crippen LogP contribution >= 0.6 is 0 Å². The maximum Gasteiger partial charge on any atom is 0.229 e. The van der Waals surface area contributed by atoms with Crippen molar-refractivity contribution in [3.8, 4) is 0 Å². The van der Waals surface area contributed by atoms with Crippen molar-refractivity contribution < 1.29 is 9.22 Å². The van der Waals surface area contributed by atoms with E-state index in [1.54, 1.807) is 0 Å². The fourth-order valence-corrected chi connectivity index (χ4v) is 7.55. The lowest BCUT2D eigenvalue weighted by Crippen LogP contribution is -2.56. The lowest BCUT2D eigenvalue weighted by atomic mass is 10.4. The minimum atomic E-state index is -1.99. The molecule has 1 rings (SSSR count). The van der Waals surface area contributed by atoms with Crippen LogP contribution in [0.2, 0.25) is 11.1 Å². The van der Waals surface area contributed by atoms with Gasteiger partial charge in [-0.15, -0.1) is 0 Å². The van der Waals surface area contributed by atoms with Crippen LogP contribution in [0.5, 0.6) is 0 Å². The molecule has 1 aromatic rings. The molecule has 0 saturated carbocycles. The molecule has 0 aliphatic carbocycles. The molecule has 0 amide bonds. The largest absolute Gasteiger partial charge is 0.412 e. The molecule has 0 aromatic heterocycles. The van der Waals surface area contributed by atoms with Crippen molar-refractivity contribution in [3.05, 3.63) is 30.3 Å². The number of aldehydes is 1. The molecule has 1 aromatic carbocycles. The molecule has 0 N–H and O–H groups in total. The van der Waals surface area contributed by atoms with E-state index in [2.05, 4.69) is 58.0 Å². The Hall–Kier alpha value is -0.933. The van der Waals surface area contributed by atoms with Crippen molar-refractivity contribution in [2.24, 2.45) is 0 Å². The van der Waals surface area contributed by atoms with Crippen molar-refractivity contribution in [3.63, 3.8) is 0 Å². The average molecular weight is 278 g/mol. The summed E-state index contributed by atoms with van der Waals surface area (Å²) >= 11 is 0. The zero-order valence-corrected chi connectivity index (χ0v) is 13.6. The Labute approximate surface area is 118 Å². The number of hydrogen-bond donors (Lipinski definition) is 0. The molecule has 106 valence electrons. The van der Waals surface area contributed by atoms with E-state index < -0.39 is 8.32 Å². The first-order chi connectivity index (χ1) is 9.05. The Morgan fingerprint density at radius 3 is 2.16 bits per heavy atom. The molecular formula is C16H26O2Si. The first-order valence-electron chi connectivity index (χ1n) is 7.18. The van der Waals surface area contributed by atoms with E-state index >= 15 is 0 Å². The molecule has 19 heavy (non-hydrogen) atoms. The standard InChI is InChI=1S/C16H26O2Si/c1-14(2)19(15(3)4,18-13-9-8-12-17)16-10-6-5-7-11-16/h5-7,10-12,14-15H,8-9,13H2,1-4H3. The summed E-state index contributed by atoms with van der Waals surface area (Å²) in [7, 11) is -1.99. The van der Waals surface area contributed by atoms with Gasteiger partial charge in [0.2, 0.25) is 8.32 Å². The van der Waals surface area contributed by atoms with Crippen LogP contribution in [0.3, 0.4) is 0 Å². The van der Waals surface area contributed by atoms with E-state index in [0.29, 0.717) is 24.1 Å². The maximum absolute atomic E-state index is 10.4. The van der Waals surface area contributed by atoms with Gasteiger partial charge < -0.3 is 9.22 Å². The van der Waals surface area contributed by atoms with Gasteiger partial charge in [-0.1, -0.05) is 58.0 Å². The predicted octanol–water partition coefficient (Wildman–Crippen LogP) is 3.65. The molecule has 0 spiro atoms. The van der Waals surface area contributed by atoms with Crippen molar-refractivity contribution in [2.75, 3.05) is 6.61 Å². The number of rotatable bonds is 8. The summed E-state index contributed by atoms with van der Waals surface area (Å²) < 4.78 is 6.42. The summed E-state index contributed by atoms with van der Waals surface area (Å²) in [5.41, 5.74) is 1.04. The number of benzene rings is 1. The van der Waals surface area contributed by atoms with Crippen LogP contribution in [0.15, 0.2) is 30.3 Å². The molecule has 0 fully saturated rings. The van der Waals surface area contributed by atoms with Crippen LogP contribution in [-0.2, 0) is 9.22 Å². The highest BCUT2D eigenvalue weighted by molar-refractivity contribution is 6.88. The summed E-state index contributed by atoms with van der Waals surface area (Å²) in [6.07, 6.45) is 2.39. The third-order valence-electron chi connectivity index (χ3n) is 3.75. The van der Waals surface area contributed by atoms with Gasteiger partial charge in [0.05, 0.1) is 0 Å². The number of hydrogen-bond acceptors (Lipinski definition) is 2. The lowest BCUT2D eigenvalue weighted by molar-refractivity contribution is -0.108. The molecule has 0 radical (unpaired) electrons. The van der Waals surface area contributed by atoms with Gasteiger partial charge in [-0.2, -0.15) is 0 Å². The zero-order valence-electron chi connectivity index (χ0n) is 12.6. The summed E-state index contributed by atoms with van der Waals surface area (Å²) in [6, 6.07) is 10.6. The van der Waals surface area contributed by atoms with Crippen LogP contribution in [0, 0.1) is 0 Å². The quantitative estimate of drug-likeness (QED) is 0.412. The van der Waals surface area contributed by atoms with Crippen molar-refractivity contribution in [2.45, 2.75) is 51.6 Å². The minimum Gasteiger partial charge on any atom is -0.412 e. The Kier molecular flexibility index (Phi) is 6.45. The molecule has 0 atom stereocenters. The van der Waals surface area contributed by atoms with Crippen LogP contribution in [-0.4, -0.2) is 21.2 Å². The zero-order chi connectivity index (χ0) is 14.3. The SMILES string of the molecule is CC(C)[Si](OCCCC=O)(c1ccccc1)C(C)C. The van der Waals surface area contributed by atoms with E-state index in [1.165, 1.54) is 5.19 Å². The highest BCUT2D eigenvalue weighted by Gasteiger charge is 2.43. The van der Waals surface area contributed by atoms with Crippen molar-refractivity contribution >= 4 is 19.8 Å². The van der Waals surface area contributed by atoms with E-state index in [1.807, 2.05) is 0 Å². The van der Waals surface area contributed by atoms with Gasteiger partial charge >= 0.3 is 0 Å². The topological polar surface area (TPSA) is 26.3 Å². The second-order valence-electron chi connectivity index (χ2n) is 5.63. The van der Waals surface area contributed by atoms with Crippen LogP contribution in [0.1, 0.15) is 40.5 Å². The van der Waals surface area contributed by atoms with Crippen molar-refractivity contribution in [1.82, 2.24) is 0 Å². The maximum atomic E-state index is 10.4. The fraction of sp³-hybridized carbons (Fsp3) is 0.562. The number of carbonyl (C=O) groups excluding carboxylic acids is 1. The van der Waals surface area contributed by atoms with Gasteiger partial charge in [-0.3, -0.25) is 0 Å². The highest BCUT2D eigenvalue weighted by atomic mass is 28.4. The van der Waals surface area contributed by atoms with Gasteiger partial charge in [0, 0.05) is 13.0 Å². The molecule has 0 aliphatic rings. The Bertz CT molecular complexity index is 366. The average Bonchev–Trinajstić information content (AvgIpc) is 2.39. The number of carbonyl (C=O) groups is 1. The smallest absolute Gasteiger partial charge is 0.229 e. The lowest BCUT2D eigenvalue weighted by Gasteiger charge is -2.39. The monoisotopic (exact) mass is 278 g/mol. The third-order valence-corrected chi connectivity index (χ3v) is 9.10. The first kappa shape index (κ1) is 16.1. The summed E-state index contributed by atoms with van der Waals surface area (Å²) in [5, 5.41) is 1.37. The molecule has 2 nitrogen and oxygen atoms in total. The summed E-state index contributed by atoms with van der Waals surface area (Å²) in [5.74, 6) is 0. The Morgan fingerprint density at radius 1 is 1.11 bits per heavy atom. The molecule has 0 heterocycles. The highest BCUT2D eigenvalue weighted by Crippen LogP contribution is 2.33. The normalized spacial score (nSPS) is 12.1. The molecule has 0 aliphatic heterocycles. The van der Waals surface area contributed by atoms with Crippen molar-refractivity contribution in [1.29, 1.82) is 0 Å². The van der Waals surface area contributed by atoms with Gasteiger partial charge in [-0.05, 0) is 22.7 Å². The van der Waals surface area contributed by atoms with Gasteiger partial charge in [0.25, 0.3) is 0 Å². The first-order valence-corrected chi connectivity index (χ1v) is 9.25. The van der Waals surface area contributed by atoms with Gasteiger partial charge in [-0.25, -0.2) is 0 Å². The molecule has 3 heteroatoms. The summed E-state index contributed by atoms with van der Waals surface area (Å²) in [4.78, 5) is 10.4. The van der Waals surface area contributed by atoms with Crippen LogP contribution < -0.4 is 5.19 Å². The van der Waals surface area contributed by atoms with Crippen LogP contribution in [0.4, 0.5) is 0 Å². The van der Waals surface area contributed by atoms with E-state index in [4.69, 9.17) is 4.43 Å². The number of unbranched alkanes of at least 4 members (excludes halogenated alkanes) is 1. The Balaban J connectivity index is 2.98. The molecule has 0 bridgehead atoms. The summed E-state index contributed by atoms with van der Waals surface area (Å²) in [6.45, 7) is 9.74. The molecule has 0 saturated heterocycles. The second kappa shape index (κ2) is 7.61. The Morgan fingerprint density at radius 2 is 1.68 bits per heavy atom. The fourth-order valence-electron chi connectivity index (χ4n) is 2.86. The second-order valence-corrected chi connectivity index (χ2v) is 10.4. The van der Waals surface area contributed by atoms with E-state index in [-0.39, 0.29) is 0 Å². The van der Waals surface area contributed by atoms with E-state index in [0.717, 1.165) is 12.7 Å². The molecule has 0 unspecified atom stereocenters. The predicted molar refractivity (Wildman–Crippen MR) is 83.3 cm³/mol.